The number of hydrogen-bond donors (Lipinski definition) is 0. The van der Waals surface area contributed by atoms with Crippen LogP contribution in [0.15, 0.2) is 152 Å². The molecule has 328 valence electrons. The zero-order valence-electron chi connectivity index (χ0n) is 35.7. The number of pyridine rings is 6. The van der Waals surface area contributed by atoms with Crippen LogP contribution in [-0.2, 0) is 38.7 Å². The first-order valence-electron chi connectivity index (χ1n) is 21.4. The van der Waals surface area contributed by atoms with Crippen molar-refractivity contribution in [1.82, 2.24) is 29.9 Å². The van der Waals surface area contributed by atoms with Crippen LogP contribution in [0, 0.1) is 11.3 Å². The number of alkyl halides is 3. The maximum absolute atomic E-state index is 14.5. The number of anilines is 1. The van der Waals surface area contributed by atoms with E-state index in [4.69, 9.17) is 4.74 Å². The van der Waals surface area contributed by atoms with E-state index in [9.17, 15) is 18.4 Å². The summed E-state index contributed by atoms with van der Waals surface area (Å²) in [6.07, 6.45) is 12.9. The SMILES string of the molecule is CCCCc1ccnc(-c2cc(/C(C#N)=C3/C=C(C(F)(F)F)c4cc5c6c(c4O3)CCCN6CCC5)ccn2)c1.[Ru].c1ccc(-c2ccccn2)nc1.c1ccc(-c2ccccn2)nc1. The van der Waals surface area contributed by atoms with Crippen molar-refractivity contribution in [2.24, 2.45) is 0 Å². The van der Waals surface area contributed by atoms with Gasteiger partial charge < -0.3 is 9.64 Å². The molecule has 1 aromatic carbocycles. The Kier molecular flexibility index (Phi) is 15.4. The fourth-order valence-corrected chi connectivity index (χ4v) is 8.05. The number of rotatable bonds is 7. The summed E-state index contributed by atoms with van der Waals surface area (Å²) in [7, 11) is 0. The molecule has 6 aromatic heterocycles. The average molecular weight is 956 g/mol. The number of nitriles is 1. The van der Waals surface area contributed by atoms with Crippen LogP contribution in [0.25, 0.3) is 45.3 Å². The number of halogens is 3. The Morgan fingerprint density at radius 2 is 1.22 bits per heavy atom. The minimum Gasteiger partial charge on any atom is -0.455 e. The van der Waals surface area contributed by atoms with Crippen molar-refractivity contribution in [1.29, 1.82) is 5.26 Å². The quantitative estimate of drug-likeness (QED) is 0.114. The van der Waals surface area contributed by atoms with E-state index in [2.05, 4.69) is 47.8 Å². The number of aryl methyl sites for hydroxylation is 2. The number of hydrogen-bond acceptors (Lipinski definition) is 9. The summed E-state index contributed by atoms with van der Waals surface area (Å²) < 4.78 is 49.7. The largest absolute Gasteiger partial charge is 0.455 e. The van der Waals surface area contributed by atoms with Crippen molar-refractivity contribution in [3.63, 3.8) is 0 Å². The van der Waals surface area contributed by atoms with Gasteiger partial charge in [0, 0.05) is 86.6 Å². The number of aromatic nitrogens is 6. The second-order valence-electron chi connectivity index (χ2n) is 15.4. The summed E-state index contributed by atoms with van der Waals surface area (Å²) in [5.41, 5.74) is 8.49. The van der Waals surface area contributed by atoms with E-state index in [1.165, 1.54) is 0 Å². The smallest absolute Gasteiger partial charge is 0.417 e. The van der Waals surface area contributed by atoms with Crippen LogP contribution in [0.1, 0.15) is 60.4 Å². The molecule has 0 radical (unpaired) electrons. The number of unbranched alkanes of at least 4 members (excludes halogenated alkanes) is 1. The molecule has 3 aliphatic rings. The number of allylic oxidation sites excluding steroid dienone is 3. The Morgan fingerprint density at radius 1 is 0.677 bits per heavy atom. The predicted molar refractivity (Wildman–Crippen MR) is 244 cm³/mol. The first-order valence-corrected chi connectivity index (χ1v) is 21.4. The van der Waals surface area contributed by atoms with Gasteiger partial charge in [-0.15, -0.1) is 0 Å². The second kappa shape index (κ2) is 21.7. The van der Waals surface area contributed by atoms with Gasteiger partial charge in [-0.2, -0.15) is 18.4 Å². The van der Waals surface area contributed by atoms with Gasteiger partial charge in [0.2, 0.25) is 0 Å². The van der Waals surface area contributed by atoms with E-state index in [1.807, 2.05) is 84.9 Å². The van der Waals surface area contributed by atoms with Crippen molar-refractivity contribution in [2.75, 3.05) is 18.0 Å². The zero-order valence-corrected chi connectivity index (χ0v) is 37.4. The van der Waals surface area contributed by atoms with Gasteiger partial charge in [-0.25, -0.2) is 0 Å². The fourth-order valence-electron chi connectivity index (χ4n) is 8.05. The van der Waals surface area contributed by atoms with E-state index in [0.29, 0.717) is 23.4 Å². The molecule has 9 heterocycles. The molecular weight excluding hydrogens is 911 g/mol. The number of fused-ring (bicyclic) bond motifs is 2. The Bertz CT molecular complexity index is 2650. The summed E-state index contributed by atoms with van der Waals surface area (Å²) >= 11 is 0. The van der Waals surface area contributed by atoms with Crippen LogP contribution in [0.4, 0.5) is 18.9 Å². The summed E-state index contributed by atoms with van der Waals surface area (Å²) in [6.45, 7) is 3.91. The molecule has 0 saturated carbocycles. The van der Waals surface area contributed by atoms with Crippen LogP contribution >= 0.6 is 0 Å². The molecule has 0 atom stereocenters. The molecule has 13 heteroatoms. The summed E-state index contributed by atoms with van der Waals surface area (Å²) in [6, 6.07) is 34.2. The predicted octanol–water partition coefficient (Wildman–Crippen LogP) is 11.7. The van der Waals surface area contributed by atoms with Gasteiger partial charge in [-0.3, -0.25) is 29.9 Å². The standard InChI is InChI=1S/C32H29F3N4O.2C10H8N2.Ru/c1-2-3-6-20-9-11-37-27(15-20)28-17-21(10-12-38-28)25(19-36)29-18-26(32(33,34)35)24-16-22-7-4-13-39-14-5-8-23(30(22)39)31(24)40-29;2*1-3-7-11-9(5-1)10-6-2-4-8-12-10;/h9-12,15-18H,2-8,13-14H2,1H3;2*1-8H;/b29-25-;;;. The van der Waals surface area contributed by atoms with E-state index in [-0.39, 0.29) is 42.1 Å². The van der Waals surface area contributed by atoms with Gasteiger partial charge >= 0.3 is 6.18 Å². The van der Waals surface area contributed by atoms with Crippen LogP contribution < -0.4 is 9.64 Å². The molecule has 7 aromatic rings. The first-order chi connectivity index (χ1) is 31.3. The third kappa shape index (κ3) is 11.1. The van der Waals surface area contributed by atoms with E-state index >= 15 is 0 Å². The Morgan fingerprint density at radius 3 is 1.74 bits per heavy atom. The van der Waals surface area contributed by atoms with E-state index in [0.717, 1.165) is 103 Å². The molecule has 0 fully saturated rings. The molecule has 10 rings (SSSR count). The molecule has 65 heavy (non-hydrogen) atoms. The first kappa shape index (κ1) is 46.1. The number of nitrogens with zero attached hydrogens (tertiary/aromatic N) is 8. The van der Waals surface area contributed by atoms with Crippen molar-refractivity contribution in [2.45, 2.75) is 58.0 Å². The molecular formula is C52H45F3N8ORu. The summed E-state index contributed by atoms with van der Waals surface area (Å²) in [4.78, 5) is 27.9. The third-order valence-corrected chi connectivity index (χ3v) is 11.1. The maximum atomic E-state index is 14.5. The van der Waals surface area contributed by atoms with Crippen molar-refractivity contribution in [3.8, 4) is 46.0 Å². The van der Waals surface area contributed by atoms with Crippen LogP contribution in [0.2, 0.25) is 0 Å². The van der Waals surface area contributed by atoms with Gasteiger partial charge in [-0.1, -0.05) is 37.6 Å². The van der Waals surface area contributed by atoms with Crippen molar-refractivity contribution >= 4 is 16.8 Å². The topological polar surface area (TPSA) is 114 Å². The number of benzene rings is 1. The van der Waals surface area contributed by atoms with Gasteiger partial charge in [0.15, 0.2) is 0 Å². The normalized spacial score (nSPS) is 14.2. The van der Waals surface area contributed by atoms with Crippen molar-refractivity contribution < 1.29 is 37.4 Å². The molecule has 0 bridgehead atoms. The zero-order chi connectivity index (χ0) is 44.3. The Labute approximate surface area is 389 Å². The minimum atomic E-state index is -4.61. The Balaban J connectivity index is 0.000000203. The van der Waals surface area contributed by atoms with E-state index in [1.54, 1.807) is 55.4 Å². The van der Waals surface area contributed by atoms with Crippen LogP contribution in [0.5, 0.6) is 5.75 Å². The molecule has 0 spiro atoms. The van der Waals surface area contributed by atoms with Gasteiger partial charge in [0.05, 0.1) is 39.7 Å². The molecule has 3 aliphatic heterocycles. The van der Waals surface area contributed by atoms with Gasteiger partial charge in [0.1, 0.15) is 23.2 Å². The molecule has 0 saturated heterocycles. The molecule has 0 aliphatic carbocycles. The van der Waals surface area contributed by atoms with Crippen LogP contribution in [0.3, 0.4) is 0 Å². The molecule has 0 unspecified atom stereocenters. The average Bonchev–Trinajstić information content (AvgIpc) is 3.35. The fraction of sp³-hybridized carbons (Fsp3) is 0.212. The maximum Gasteiger partial charge on any atom is 0.417 e. The monoisotopic (exact) mass is 956 g/mol. The third-order valence-electron chi connectivity index (χ3n) is 11.1. The molecule has 0 amide bonds. The second-order valence-corrected chi connectivity index (χ2v) is 15.4. The summed E-state index contributed by atoms with van der Waals surface area (Å²) in [5.74, 6) is 0.121. The van der Waals surface area contributed by atoms with Crippen LogP contribution in [-0.4, -0.2) is 49.2 Å². The van der Waals surface area contributed by atoms with Gasteiger partial charge in [0.25, 0.3) is 0 Å². The number of ether oxygens (including phenoxy) is 1. The molecule has 9 nitrogen and oxygen atoms in total. The Hall–Kier alpha value is -6.90. The molecule has 0 N–H and O–H groups in total. The van der Waals surface area contributed by atoms with E-state index < -0.39 is 11.7 Å². The summed E-state index contributed by atoms with van der Waals surface area (Å²) in [5, 5.41) is 10.2. The van der Waals surface area contributed by atoms with Gasteiger partial charge in [-0.05, 0) is 140 Å². The van der Waals surface area contributed by atoms with Crippen molar-refractivity contribution in [3.05, 3.63) is 180 Å². The minimum absolute atomic E-state index is 0.